The van der Waals surface area contributed by atoms with Crippen molar-refractivity contribution in [3.8, 4) is 34.1 Å². The summed E-state index contributed by atoms with van der Waals surface area (Å²) < 4.78 is 23.1. The van der Waals surface area contributed by atoms with Crippen LogP contribution in [0.25, 0.3) is 22.0 Å². The number of aryl methyl sites for hydroxylation is 1. The van der Waals surface area contributed by atoms with Gasteiger partial charge in [0.1, 0.15) is 5.69 Å². The average Bonchev–Trinajstić information content (AvgIpc) is 3.45. The van der Waals surface area contributed by atoms with Gasteiger partial charge >= 0.3 is 5.97 Å². The number of rotatable bonds is 10. The number of nitrogens with one attached hydrogen (secondary N) is 2. The summed E-state index contributed by atoms with van der Waals surface area (Å²) in [5.74, 6) is 0.0585. The summed E-state index contributed by atoms with van der Waals surface area (Å²) in [4.78, 5) is 30.2. The van der Waals surface area contributed by atoms with Crippen LogP contribution in [0, 0.1) is 0 Å². The van der Waals surface area contributed by atoms with Crippen LogP contribution in [0.1, 0.15) is 38.9 Å². The topological polar surface area (TPSA) is 111 Å². The number of carbonyl (C=O) groups is 2. The lowest BCUT2D eigenvalue weighted by molar-refractivity contribution is 0.0732. The van der Waals surface area contributed by atoms with Gasteiger partial charge in [-0.05, 0) is 57.7 Å². The minimum absolute atomic E-state index is 0.175. The first-order chi connectivity index (χ1) is 21.8. The van der Waals surface area contributed by atoms with Crippen molar-refractivity contribution < 1.29 is 28.5 Å². The number of hydrogen-bond donors (Lipinski definition) is 2. The fraction of sp³-hybridized carbons (Fsp3) is 0.147. The molecule has 0 saturated heterocycles. The molecular weight excluding hydrogens is 706 g/mol. The molecule has 2 N–H and O–H groups in total. The molecule has 0 bridgehead atoms. The molecule has 0 aliphatic heterocycles. The van der Waals surface area contributed by atoms with E-state index in [4.69, 9.17) is 18.9 Å². The van der Waals surface area contributed by atoms with E-state index < -0.39 is 11.9 Å². The summed E-state index contributed by atoms with van der Waals surface area (Å²) >= 11 is 6.94. The maximum atomic E-state index is 13.6. The summed E-state index contributed by atoms with van der Waals surface area (Å²) in [6.45, 7) is 2.07. The molecule has 11 heteroatoms. The van der Waals surface area contributed by atoms with Gasteiger partial charge in [-0.2, -0.15) is 5.10 Å². The zero-order chi connectivity index (χ0) is 32.1. The number of aromatic amines is 1. The molecule has 1 amide bonds. The number of ether oxygens (including phenoxy) is 4. The minimum atomic E-state index is -0.673. The largest absolute Gasteiger partial charge is 0.493 e. The Bertz CT molecular complexity index is 1900. The minimum Gasteiger partial charge on any atom is -0.493 e. The van der Waals surface area contributed by atoms with Crippen LogP contribution >= 0.6 is 31.9 Å². The second-order valence-corrected chi connectivity index (χ2v) is 11.5. The highest BCUT2D eigenvalue weighted by atomic mass is 79.9. The van der Waals surface area contributed by atoms with E-state index in [1.54, 1.807) is 12.1 Å². The number of esters is 1. The van der Waals surface area contributed by atoms with E-state index in [-0.39, 0.29) is 11.3 Å². The highest BCUT2D eigenvalue weighted by molar-refractivity contribution is 9.11. The number of benzene rings is 4. The number of hydrogen-bond acceptors (Lipinski definition) is 7. The standard InChI is InChI=1S/C34H29Br2N3O6/c1-5-19-12-9-13-24-28(20-10-7-6-8-11-20)30(38-29(19)24)33(40)39-37-18-22-14-23(35)17-25(36)31(22)45-34(41)21-15-26(42-2)32(44-4)27(16-21)43-3/h6-18,38H,5H2,1-4H3,(H,39,40). The number of aromatic nitrogens is 1. The lowest BCUT2D eigenvalue weighted by Gasteiger charge is -2.15. The van der Waals surface area contributed by atoms with Gasteiger partial charge in [0.25, 0.3) is 5.91 Å². The van der Waals surface area contributed by atoms with E-state index in [1.807, 2.05) is 48.5 Å². The Morgan fingerprint density at radius 2 is 1.60 bits per heavy atom. The van der Waals surface area contributed by atoms with Crippen molar-refractivity contribution in [1.82, 2.24) is 10.4 Å². The van der Waals surface area contributed by atoms with E-state index in [9.17, 15) is 9.59 Å². The van der Waals surface area contributed by atoms with Gasteiger partial charge < -0.3 is 23.9 Å². The molecular formula is C34H29Br2N3O6. The summed E-state index contributed by atoms with van der Waals surface area (Å²) in [5, 5.41) is 5.18. The molecule has 0 aliphatic carbocycles. The molecule has 5 rings (SSSR count). The van der Waals surface area contributed by atoms with Crippen molar-refractivity contribution >= 4 is 60.9 Å². The number of para-hydroxylation sites is 1. The molecule has 1 aromatic heterocycles. The highest BCUT2D eigenvalue weighted by Gasteiger charge is 2.22. The van der Waals surface area contributed by atoms with Gasteiger partial charge in [0.2, 0.25) is 5.75 Å². The lowest BCUT2D eigenvalue weighted by Crippen LogP contribution is -2.19. The first-order valence-corrected chi connectivity index (χ1v) is 15.4. The predicted molar refractivity (Wildman–Crippen MR) is 181 cm³/mol. The van der Waals surface area contributed by atoms with Crippen LogP contribution in [0.5, 0.6) is 23.0 Å². The van der Waals surface area contributed by atoms with Gasteiger partial charge in [0.15, 0.2) is 17.2 Å². The predicted octanol–water partition coefficient (Wildman–Crippen LogP) is 7.93. The third-order valence-corrected chi connectivity index (χ3v) is 8.14. The van der Waals surface area contributed by atoms with Gasteiger partial charge in [-0.3, -0.25) is 4.79 Å². The molecule has 45 heavy (non-hydrogen) atoms. The maximum Gasteiger partial charge on any atom is 0.343 e. The van der Waals surface area contributed by atoms with Gasteiger partial charge in [-0.1, -0.05) is 71.4 Å². The Labute approximate surface area is 276 Å². The number of fused-ring (bicyclic) bond motifs is 1. The average molecular weight is 735 g/mol. The summed E-state index contributed by atoms with van der Waals surface area (Å²) in [6.07, 6.45) is 2.22. The van der Waals surface area contributed by atoms with E-state index in [2.05, 4.69) is 54.3 Å². The van der Waals surface area contributed by atoms with E-state index in [0.29, 0.717) is 37.5 Å². The van der Waals surface area contributed by atoms with Gasteiger partial charge in [-0.15, -0.1) is 0 Å². The van der Waals surface area contributed by atoms with Crippen LogP contribution in [0.15, 0.2) is 86.8 Å². The Kier molecular flexibility index (Phi) is 9.90. The molecule has 0 aliphatic rings. The molecule has 0 saturated carbocycles. The summed E-state index contributed by atoms with van der Waals surface area (Å²) in [7, 11) is 4.40. The maximum absolute atomic E-state index is 13.6. The molecule has 5 aromatic rings. The van der Waals surface area contributed by atoms with Crippen molar-refractivity contribution in [2.75, 3.05) is 21.3 Å². The molecule has 0 atom stereocenters. The number of methoxy groups -OCH3 is 3. The normalized spacial score (nSPS) is 11.1. The number of H-pyrrole nitrogens is 1. The first kappa shape index (κ1) is 31.8. The van der Waals surface area contributed by atoms with Crippen LogP contribution in [-0.4, -0.2) is 44.4 Å². The van der Waals surface area contributed by atoms with Gasteiger partial charge in [0.05, 0.1) is 37.6 Å². The van der Waals surface area contributed by atoms with Crippen molar-refractivity contribution in [2.45, 2.75) is 13.3 Å². The Morgan fingerprint density at radius 3 is 2.24 bits per heavy atom. The van der Waals surface area contributed by atoms with Crippen LogP contribution in [0.3, 0.4) is 0 Å². The van der Waals surface area contributed by atoms with Crippen molar-refractivity contribution in [3.63, 3.8) is 0 Å². The van der Waals surface area contributed by atoms with Crippen molar-refractivity contribution in [1.29, 1.82) is 0 Å². The SMILES string of the molecule is CCc1cccc2c(-c3ccccc3)c(C(=O)NN=Cc3cc(Br)cc(Br)c3OC(=O)c3cc(OC)c(OC)c(OC)c3)[nH]c12. The van der Waals surface area contributed by atoms with Crippen LogP contribution < -0.4 is 24.4 Å². The number of hydrazone groups is 1. The Balaban J connectivity index is 1.45. The quantitative estimate of drug-likeness (QED) is 0.0653. The van der Waals surface area contributed by atoms with E-state index in [0.717, 1.165) is 34.0 Å². The zero-order valence-electron chi connectivity index (χ0n) is 24.9. The monoisotopic (exact) mass is 733 g/mol. The molecule has 9 nitrogen and oxygen atoms in total. The smallest absolute Gasteiger partial charge is 0.343 e. The van der Waals surface area contributed by atoms with Crippen LogP contribution in [0.4, 0.5) is 0 Å². The molecule has 230 valence electrons. The second kappa shape index (κ2) is 14.0. The van der Waals surface area contributed by atoms with Crippen molar-refractivity contribution in [2.24, 2.45) is 5.10 Å². The zero-order valence-corrected chi connectivity index (χ0v) is 28.0. The van der Waals surface area contributed by atoms with Gasteiger partial charge in [0, 0.05) is 26.5 Å². The number of nitrogens with zero attached hydrogens (tertiary/aromatic N) is 1. The van der Waals surface area contributed by atoms with Crippen molar-refractivity contribution in [3.05, 3.63) is 104 Å². The molecule has 0 radical (unpaired) electrons. The fourth-order valence-corrected chi connectivity index (χ4v) is 6.34. The Morgan fingerprint density at radius 1 is 0.889 bits per heavy atom. The number of halogens is 2. The van der Waals surface area contributed by atoms with E-state index >= 15 is 0 Å². The highest BCUT2D eigenvalue weighted by Crippen LogP contribution is 2.39. The molecule has 0 unspecified atom stereocenters. The lowest BCUT2D eigenvalue weighted by atomic mass is 10.00. The summed E-state index contributed by atoms with van der Waals surface area (Å²) in [6, 6.07) is 22.2. The first-order valence-electron chi connectivity index (χ1n) is 13.8. The summed E-state index contributed by atoms with van der Waals surface area (Å²) in [5.41, 5.74) is 7.32. The fourth-order valence-electron chi connectivity index (χ4n) is 5.00. The molecule has 1 heterocycles. The second-order valence-electron chi connectivity index (χ2n) is 9.74. The van der Waals surface area contributed by atoms with Crippen LogP contribution in [0.2, 0.25) is 0 Å². The van der Waals surface area contributed by atoms with Crippen LogP contribution in [-0.2, 0) is 6.42 Å². The Hall–Kier alpha value is -4.61. The number of amides is 1. The molecule has 0 fully saturated rings. The third-order valence-electron chi connectivity index (χ3n) is 7.09. The van der Waals surface area contributed by atoms with Gasteiger partial charge in [-0.25, -0.2) is 10.2 Å². The van der Waals surface area contributed by atoms with E-state index in [1.165, 1.54) is 39.7 Å². The molecule has 0 spiro atoms. The third kappa shape index (κ3) is 6.59. The molecule has 4 aromatic carbocycles. The number of carbonyl (C=O) groups excluding carboxylic acids is 2.